The van der Waals surface area contributed by atoms with Gasteiger partial charge in [0.2, 0.25) is 0 Å². The lowest BCUT2D eigenvalue weighted by Crippen LogP contribution is -2.41. The summed E-state index contributed by atoms with van der Waals surface area (Å²) in [5, 5.41) is 16.6. The number of aryl methyl sites for hydroxylation is 1. The zero-order valence-electron chi connectivity index (χ0n) is 12.3. The molecule has 2 bridgehead atoms. The molecule has 0 saturated carbocycles. The molecular weight excluding hydrogens is 262 g/mol. The number of rotatable bonds is 3. The van der Waals surface area contributed by atoms with E-state index >= 15 is 0 Å². The number of hydrogen-bond donors (Lipinski definition) is 1. The number of fused-ring (bicyclic) bond motifs is 2. The molecule has 3 atom stereocenters. The molecule has 2 unspecified atom stereocenters. The summed E-state index contributed by atoms with van der Waals surface area (Å²) in [5.41, 5.74) is 1.29. The lowest BCUT2D eigenvalue weighted by Gasteiger charge is -2.34. The van der Waals surface area contributed by atoms with Crippen LogP contribution < -0.4 is 5.32 Å². The summed E-state index contributed by atoms with van der Waals surface area (Å²) in [5.74, 6) is 1.33. The molecule has 2 aromatic rings. The van der Waals surface area contributed by atoms with E-state index in [1.54, 1.807) is 0 Å². The van der Waals surface area contributed by atoms with E-state index in [1.807, 2.05) is 11.7 Å². The Hall–Kier alpha value is -1.75. The third-order valence-electron chi connectivity index (χ3n) is 4.87. The first-order valence-corrected chi connectivity index (χ1v) is 7.86. The fourth-order valence-corrected chi connectivity index (χ4v) is 4.02. The van der Waals surface area contributed by atoms with Gasteiger partial charge in [-0.25, -0.2) is 0 Å². The SMILES string of the molecule is Cc1nnn([C@@H](c2ccccc2)C2CC3CCC(C2)N3)n1. The maximum Gasteiger partial charge on any atom is 0.171 e. The number of nitrogens with one attached hydrogen (secondary N) is 1. The predicted octanol–water partition coefficient (Wildman–Crippen LogP) is 2.10. The molecule has 2 fully saturated rings. The third-order valence-corrected chi connectivity index (χ3v) is 4.87. The van der Waals surface area contributed by atoms with Crippen LogP contribution in [0.25, 0.3) is 0 Å². The van der Waals surface area contributed by atoms with Crippen molar-refractivity contribution >= 4 is 0 Å². The number of aromatic nitrogens is 4. The first kappa shape index (κ1) is 13.0. The van der Waals surface area contributed by atoms with Crippen molar-refractivity contribution in [3.05, 3.63) is 41.7 Å². The lowest BCUT2D eigenvalue weighted by atomic mass is 9.83. The highest BCUT2D eigenvalue weighted by atomic mass is 15.6. The fraction of sp³-hybridized carbons (Fsp3) is 0.562. The van der Waals surface area contributed by atoms with Crippen LogP contribution in [-0.4, -0.2) is 32.3 Å². The molecule has 2 saturated heterocycles. The summed E-state index contributed by atoms with van der Waals surface area (Å²) < 4.78 is 0. The molecule has 5 heteroatoms. The Kier molecular flexibility index (Phi) is 3.22. The van der Waals surface area contributed by atoms with Crippen LogP contribution >= 0.6 is 0 Å². The average Bonchev–Trinajstić information content (AvgIpc) is 3.06. The molecule has 3 heterocycles. The zero-order valence-corrected chi connectivity index (χ0v) is 12.3. The molecule has 1 N–H and O–H groups in total. The van der Waals surface area contributed by atoms with E-state index in [-0.39, 0.29) is 6.04 Å². The summed E-state index contributed by atoms with van der Waals surface area (Å²) in [6.07, 6.45) is 5.03. The molecule has 1 aromatic heterocycles. The molecule has 1 aromatic carbocycles. The molecule has 110 valence electrons. The van der Waals surface area contributed by atoms with Crippen LogP contribution in [0.2, 0.25) is 0 Å². The van der Waals surface area contributed by atoms with E-state index < -0.39 is 0 Å². The smallest absolute Gasteiger partial charge is 0.171 e. The van der Waals surface area contributed by atoms with E-state index in [2.05, 4.69) is 51.1 Å². The quantitative estimate of drug-likeness (QED) is 0.937. The van der Waals surface area contributed by atoms with Crippen LogP contribution in [-0.2, 0) is 0 Å². The average molecular weight is 283 g/mol. The highest BCUT2D eigenvalue weighted by molar-refractivity contribution is 5.20. The van der Waals surface area contributed by atoms with E-state index in [1.165, 1.54) is 31.2 Å². The zero-order chi connectivity index (χ0) is 14.2. The van der Waals surface area contributed by atoms with Gasteiger partial charge in [0.15, 0.2) is 5.82 Å². The Morgan fingerprint density at radius 1 is 1.14 bits per heavy atom. The molecule has 2 aliphatic rings. The van der Waals surface area contributed by atoms with Crippen LogP contribution in [0, 0.1) is 12.8 Å². The topological polar surface area (TPSA) is 55.6 Å². The van der Waals surface area contributed by atoms with Crippen molar-refractivity contribution in [2.45, 2.75) is 50.7 Å². The Balaban J connectivity index is 1.70. The van der Waals surface area contributed by atoms with Crippen molar-refractivity contribution in [1.82, 2.24) is 25.5 Å². The second-order valence-electron chi connectivity index (χ2n) is 6.38. The first-order valence-electron chi connectivity index (χ1n) is 7.86. The summed E-state index contributed by atoms with van der Waals surface area (Å²) in [6, 6.07) is 12.2. The summed E-state index contributed by atoms with van der Waals surface area (Å²) in [7, 11) is 0. The highest BCUT2D eigenvalue weighted by Crippen LogP contribution is 2.39. The molecule has 0 radical (unpaired) electrons. The Bertz CT molecular complexity index is 596. The summed E-state index contributed by atoms with van der Waals surface area (Å²) >= 11 is 0. The van der Waals surface area contributed by atoms with E-state index in [0.717, 1.165) is 5.82 Å². The van der Waals surface area contributed by atoms with E-state index in [4.69, 9.17) is 0 Å². The van der Waals surface area contributed by atoms with Crippen molar-refractivity contribution in [2.24, 2.45) is 5.92 Å². The van der Waals surface area contributed by atoms with Gasteiger partial charge in [-0.3, -0.25) is 0 Å². The normalized spacial score (nSPS) is 29.5. The lowest BCUT2D eigenvalue weighted by molar-refractivity contribution is 0.218. The Morgan fingerprint density at radius 3 is 2.48 bits per heavy atom. The summed E-state index contributed by atoms with van der Waals surface area (Å²) in [4.78, 5) is 1.83. The minimum atomic E-state index is 0.206. The fourth-order valence-electron chi connectivity index (χ4n) is 4.02. The van der Waals surface area contributed by atoms with Gasteiger partial charge in [-0.1, -0.05) is 30.3 Å². The van der Waals surface area contributed by atoms with Gasteiger partial charge in [0.05, 0.1) is 0 Å². The van der Waals surface area contributed by atoms with E-state index in [9.17, 15) is 0 Å². The van der Waals surface area contributed by atoms with Crippen LogP contribution in [0.4, 0.5) is 0 Å². The van der Waals surface area contributed by atoms with Gasteiger partial charge in [0, 0.05) is 12.1 Å². The van der Waals surface area contributed by atoms with Gasteiger partial charge >= 0.3 is 0 Å². The second-order valence-corrected chi connectivity index (χ2v) is 6.38. The second kappa shape index (κ2) is 5.22. The Morgan fingerprint density at radius 2 is 1.86 bits per heavy atom. The molecule has 5 nitrogen and oxygen atoms in total. The first-order chi connectivity index (χ1) is 10.3. The minimum absolute atomic E-state index is 0.206. The third kappa shape index (κ3) is 2.46. The summed E-state index contributed by atoms with van der Waals surface area (Å²) in [6.45, 7) is 1.90. The van der Waals surface area contributed by atoms with Gasteiger partial charge in [0.25, 0.3) is 0 Å². The molecule has 0 amide bonds. The molecule has 2 aliphatic heterocycles. The van der Waals surface area contributed by atoms with Crippen LogP contribution in [0.5, 0.6) is 0 Å². The largest absolute Gasteiger partial charge is 0.311 e. The van der Waals surface area contributed by atoms with Gasteiger partial charge in [-0.05, 0) is 49.3 Å². The van der Waals surface area contributed by atoms with Crippen molar-refractivity contribution in [1.29, 1.82) is 0 Å². The molecular formula is C16H21N5. The van der Waals surface area contributed by atoms with Crippen LogP contribution in [0.15, 0.2) is 30.3 Å². The standard InChI is InChI=1S/C16H21N5/c1-11-18-20-21(19-11)16(12-5-3-2-4-6-12)13-9-14-7-8-15(10-13)17-14/h2-6,13-17H,7-10H2,1H3/t13?,14?,15?,16-/m0/s1. The minimum Gasteiger partial charge on any atom is -0.311 e. The Labute approximate surface area is 124 Å². The number of benzene rings is 1. The molecule has 21 heavy (non-hydrogen) atoms. The van der Waals surface area contributed by atoms with Gasteiger partial charge in [-0.2, -0.15) is 4.80 Å². The van der Waals surface area contributed by atoms with Gasteiger partial charge in [0.1, 0.15) is 6.04 Å². The maximum atomic E-state index is 4.51. The van der Waals surface area contributed by atoms with Gasteiger partial charge in [-0.15, -0.1) is 10.2 Å². The maximum absolute atomic E-state index is 4.51. The number of hydrogen-bond acceptors (Lipinski definition) is 4. The van der Waals surface area contributed by atoms with Gasteiger partial charge < -0.3 is 5.32 Å². The molecule has 0 spiro atoms. The van der Waals surface area contributed by atoms with Crippen molar-refractivity contribution in [3.63, 3.8) is 0 Å². The monoisotopic (exact) mass is 283 g/mol. The van der Waals surface area contributed by atoms with Crippen molar-refractivity contribution in [3.8, 4) is 0 Å². The van der Waals surface area contributed by atoms with Crippen LogP contribution in [0.3, 0.4) is 0 Å². The number of nitrogens with zero attached hydrogens (tertiary/aromatic N) is 4. The van der Waals surface area contributed by atoms with Crippen molar-refractivity contribution < 1.29 is 0 Å². The van der Waals surface area contributed by atoms with Crippen LogP contribution in [0.1, 0.15) is 43.1 Å². The molecule has 4 rings (SSSR count). The highest BCUT2D eigenvalue weighted by Gasteiger charge is 2.39. The van der Waals surface area contributed by atoms with E-state index in [0.29, 0.717) is 18.0 Å². The molecule has 0 aliphatic carbocycles. The van der Waals surface area contributed by atoms with Crippen molar-refractivity contribution in [2.75, 3.05) is 0 Å². The number of tetrazole rings is 1. The predicted molar refractivity (Wildman–Crippen MR) is 79.8 cm³/mol. The number of piperidine rings is 1.